The second kappa shape index (κ2) is 83.9. The molecule has 0 aromatic rings. The summed E-state index contributed by atoms with van der Waals surface area (Å²) in [6.45, 7) is 7.38. The molecule has 0 aliphatic heterocycles. The summed E-state index contributed by atoms with van der Waals surface area (Å²) in [6.07, 6.45) is 39.4. The predicted molar refractivity (Wildman–Crippen MR) is 205 cm³/mol. The van der Waals surface area contributed by atoms with E-state index in [-0.39, 0.29) is 58.1 Å². The molecule has 304 valence electrons. The summed E-state index contributed by atoms with van der Waals surface area (Å²) in [5.41, 5.74) is 0. The van der Waals surface area contributed by atoms with Crippen LogP contribution in [0.1, 0.15) is 189 Å². The molecule has 0 rings (SSSR count). The SMILES string of the molecule is CCCCCCCCCCCCCCCC[N+](C)(C)CCCCCCCCCCCCCCC.O.O=[Si]=O.O=[Si]=O.O=[Si]=O.O=[Si]=O.[Al+3].[Al+3].[H-].[O-2].[O-2].[O-2]. The fraction of sp³-hybridized carbons (Fsp3) is 1.00. The molecule has 0 aliphatic rings. The van der Waals surface area contributed by atoms with Gasteiger partial charge in [0.25, 0.3) is 0 Å². The maximum Gasteiger partial charge on any atom is 3.00 e. The third-order valence-electron chi connectivity index (χ3n) is 7.98. The van der Waals surface area contributed by atoms with Crippen LogP contribution in [-0.2, 0) is 52.1 Å². The molecule has 0 aromatic carbocycles. The van der Waals surface area contributed by atoms with Crippen LogP contribution in [0.2, 0.25) is 0 Å². The number of hydrogen-bond donors (Lipinski definition) is 0. The van der Waals surface area contributed by atoms with E-state index in [2.05, 4.69) is 27.9 Å². The van der Waals surface area contributed by atoms with E-state index in [9.17, 15) is 0 Å². The number of rotatable bonds is 29. The Balaban J connectivity index is -0.0000000778. The molecule has 0 saturated carbocycles. The number of unbranched alkanes of at least 4 members (excludes halogenated alkanes) is 25. The van der Waals surface area contributed by atoms with Gasteiger partial charge in [-0.25, -0.2) is 0 Å². The van der Waals surface area contributed by atoms with Gasteiger partial charge in [-0.2, -0.15) is 0 Å². The van der Waals surface area contributed by atoms with Crippen molar-refractivity contribution < 1.29 is 63.5 Å². The van der Waals surface area contributed by atoms with Gasteiger partial charge >= 0.3 is 71.9 Å². The summed E-state index contributed by atoms with van der Waals surface area (Å²) in [4.78, 5) is 0. The fourth-order valence-electron chi connectivity index (χ4n) is 5.40. The van der Waals surface area contributed by atoms with Crippen LogP contribution in [0.25, 0.3) is 0 Å². The molecule has 0 heterocycles. The van der Waals surface area contributed by atoms with Crippen LogP contribution < -0.4 is 0 Å². The summed E-state index contributed by atoms with van der Waals surface area (Å²) in [5.74, 6) is 0. The molecule has 0 aliphatic carbocycles. The normalized spacial score (nSPS) is 8.46. The summed E-state index contributed by atoms with van der Waals surface area (Å²) in [7, 11) is -0.745. The van der Waals surface area contributed by atoms with E-state index in [0.29, 0.717) is 0 Å². The van der Waals surface area contributed by atoms with Gasteiger partial charge in [-0.05, 0) is 25.7 Å². The van der Waals surface area contributed by atoms with E-state index in [1.807, 2.05) is 0 Å². The Hall–Kier alpha value is 0.132. The Morgan fingerprint density at radius 1 is 0.327 bits per heavy atom. The van der Waals surface area contributed by atoms with E-state index >= 15 is 0 Å². The van der Waals surface area contributed by atoms with Crippen LogP contribution >= 0.6 is 0 Å². The molecular formula is C33H73Al2NO12Si4. The zero-order chi connectivity index (χ0) is 35.8. The Bertz CT molecular complexity index is 686. The van der Waals surface area contributed by atoms with Crippen LogP contribution in [0, 0.1) is 0 Å². The number of nitrogens with zero attached hydrogens (tertiary/aromatic N) is 1. The van der Waals surface area contributed by atoms with Crippen molar-refractivity contribution in [1.29, 1.82) is 0 Å². The molecular weight excluding hydrogens is 769 g/mol. The predicted octanol–water partition coefficient (Wildman–Crippen LogP) is 7.33. The molecule has 0 bridgehead atoms. The molecule has 0 radical (unpaired) electrons. The first-order chi connectivity index (χ1) is 22.3. The van der Waals surface area contributed by atoms with E-state index < -0.39 is 37.2 Å². The van der Waals surface area contributed by atoms with Crippen LogP contribution in [-0.4, -0.2) is 109 Å². The second-order valence-electron chi connectivity index (χ2n) is 12.6. The molecule has 0 amide bonds. The average molecular weight is 842 g/mol. The Morgan fingerprint density at radius 2 is 0.442 bits per heavy atom. The zero-order valence-electron chi connectivity index (χ0n) is 34.1. The van der Waals surface area contributed by atoms with Crippen LogP contribution in [0.4, 0.5) is 0 Å². The van der Waals surface area contributed by atoms with Gasteiger partial charge in [0.2, 0.25) is 0 Å². The second-order valence-corrected chi connectivity index (χ2v) is 13.2. The Labute approximate surface area is 348 Å². The maximum atomic E-state index is 8.40. The summed E-state index contributed by atoms with van der Waals surface area (Å²) in [6, 6.07) is 0. The summed E-state index contributed by atoms with van der Waals surface area (Å²) >= 11 is 0. The van der Waals surface area contributed by atoms with Gasteiger partial charge in [-0.1, -0.05) is 162 Å². The van der Waals surface area contributed by atoms with Gasteiger partial charge in [0.05, 0.1) is 27.2 Å². The van der Waals surface area contributed by atoms with Crippen LogP contribution in [0.5, 0.6) is 0 Å². The van der Waals surface area contributed by atoms with Gasteiger partial charge in [0, 0.05) is 0 Å². The minimum Gasteiger partial charge on any atom is -2.00 e. The van der Waals surface area contributed by atoms with E-state index in [0.717, 1.165) is 0 Å². The maximum absolute atomic E-state index is 8.40. The third-order valence-corrected chi connectivity index (χ3v) is 7.98. The molecule has 0 fully saturated rings. The van der Waals surface area contributed by atoms with Crippen LogP contribution in [0.3, 0.4) is 0 Å². The monoisotopic (exact) mass is 841 g/mol. The Kier molecular flexibility index (Phi) is 130. The number of hydrogen-bond acceptors (Lipinski definition) is 8. The number of quaternary nitrogens is 1. The van der Waals surface area contributed by atoms with Gasteiger partial charge < -0.3 is 27.8 Å². The summed E-state index contributed by atoms with van der Waals surface area (Å²) in [5, 5.41) is 0. The van der Waals surface area contributed by atoms with Crippen molar-refractivity contribution in [3.63, 3.8) is 0 Å². The first-order valence-electron chi connectivity index (χ1n) is 18.1. The molecule has 52 heavy (non-hydrogen) atoms. The van der Waals surface area contributed by atoms with E-state index in [1.54, 1.807) is 0 Å². The largest absolute Gasteiger partial charge is 3.00 e. The minimum atomic E-state index is -1.42. The third kappa shape index (κ3) is 110. The van der Waals surface area contributed by atoms with Crippen LogP contribution in [0.15, 0.2) is 0 Å². The molecule has 13 nitrogen and oxygen atoms in total. The van der Waals surface area contributed by atoms with Crippen molar-refractivity contribution in [3.8, 4) is 0 Å². The minimum absolute atomic E-state index is 0. The average Bonchev–Trinajstić information content (AvgIpc) is 3.01. The smallest absolute Gasteiger partial charge is 2.00 e. The topological polar surface area (TPSA) is 254 Å². The molecule has 2 N–H and O–H groups in total. The summed E-state index contributed by atoms with van der Waals surface area (Å²) < 4.78 is 68.5. The van der Waals surface area contributed by atoms with Crippen molar-refractivity contribution >= 4 is 71.9 Å². The van der Waals surface area contributed by atoms with Crippen molar-refractivity contribution in [3.05, 3.63) is 0 Å². The standard InChI is InChI=1S/C33H70N.2Al.4O2Si.H2O.3O.H/c1-5-7-9-11-13-15-17-19-21-23-25-27-29-31-33-34(3,4)32-30-28-26-24-22-20-18-16-14-12-10-8-6-2;;;4*1-3-2;;;;;/h5-33H2,1-4H3;;;;;;;1H2;;;;/q+1;2*+3;;;;;;3*-2;-1. The van der Waals surface area contributed by atoms with E-state index in [4.69, 9.17) is 35.7 Å². The molecule has 0 spiro atoms. The fourth-order valence-corrected chi connectivity index (χ4v) is 5.40. The van der Waals surface area contributed by atoms with Gasteiger partial charge in [-0.15, -0.1) is 0 Å². The first kappa shape index (κ1) is 80.6. The quantitative estimate of drug-likeness (QED) is 0.0417. The molecule has 0 aromatic heterocycles. The first-order valence-corrected chi connectivity index (χ1v) is 21.3. The molecule has 19 heteroatoms. The molecule has 0 atom stereocenters. The Morgan fingerprint density at radius 3 is 0.577 bits per heavy atom. The zero-order valence-corrected chi connectivity index (χ0v) is 39.4. The molecule has 0 unspecified atom stereocenters. The molecule has 0 saturated heterocycles. The van der Waals surface area contributed by atoms with Gasteiger partial charge in [0.15, 0.2) is 0 Å². The van der Waals surface area contributed by atoms with Gasteiger partial charge in [-0.3, -0.25) is 35.7 Å². The van der Waals surface area contributed by atoms with Crippen molar-refractivity contribution in [2.75, 3.05) is 27.2 Å². The van der Waals surface area contributed by atoms with Gasteiger partial charge in [0.1, 0.15) is 0 Å². The van der Waals surface area contributed by atoms with Crippen molar-refractivity contribution in [1.82, 2.24) is 0 Å². The van der Waals surface area contributed by atoms with Crippen molar-refractivity contribution in [2.24, 2.45) is 0 Å². The van der Waals surface area contributed by atoms with Crippen molar-refractivity contribution in [2.45, 2.75) is 187 Å². The van der Waals surface area contributed by atoms with E-state index in [1.165, 1.54) is 191 Å².